The zero-order chi connectivity index (χ0) is 21.8. The van der Waals surface area contributed by atoms with E-state index < -0.39 is 11.2 Å². The van der Waals surface area contributed by atoms with Gasteiger partial charge in [0.05, 0.1) is 11.4 Å². The van der Waals surface area contributed by atoms with Gasteiger partial charge in [-0.1, -0.05) is 42.5 Å². The monoisotopic (exact) mass is 437 g/mol. The highest BCUT2D eigenvalue weighted by Crippen LogP contribution is 2.45. The van der Waals surface area contributed by atoms with E-state index >= 15 is 0 Å². The lowest BCUT2D eigenvalue weighted by Crippen LogP contribution is -2.34. The number of aromatic amines is 1. The molecule has 3 aromatic rings. The van der Waals surface area contributed by atoms with Gasteiger partial charge in [0.25, 0.3) is 5.56 Å². The standard InChI is InChI=1S/C23H23N3O4S/c1-30-13-7-12-26-22(28)20(21(27)25-23(26)29)17-14-19(15-8-3-2-4-9-15)31-18-11-6-5-10-16(18)24-17/h2-6,8-11,19,28H,7,12-14H2,1H3,(H,25,27,29)/t19-/m0/s1. The van der Waals surface area contributed by atoms with Crippen LogP contribution in [-0.2, 0) is 11.3 Å². The number of aromatic hydroxyl groups is 1. The Morgan fingerprint density at radius 2 is 1.90 bits per heavy atom. The van der Waals surface area contributed by atoms with E-state index in [1.54, 1.807) is 18.9 Å². The maximum atomic E-state index is 12.8. The smallest absolute Gasteiger partial charge is 0.331 e. The Balaban J connectivity index is 1.84. The number of thioether (sulfide) groups is 1. The summed E-state index contributed by atoms with van der Waals surface area (Å²) in [7, 11) is 1.57. The van der Waals surface area contributed by atoms with E-state index in [1.165, 1.54) is 4.57 Å². The first kappa shape index (κ1) is 21.1. The van der Waals surface area contributed by atoms with Crippen molar-refractivity contribution in [2.24, 2.45) is 4.99 Å². The number of rotatable bonds is 6. The molecule has 0 fully saturated rings. The highest BCUT2D eigenvalue weighted by molar-refractivity contribution is 7.99. The minimum absolute atomic E-state index is 0.00345. The number of benzene rings is 2. The van der Waals surface area contributed by atoms with Crippen LogP contribution in [0.2, 0.25) is 0 Å². The molecule has 8 heteroatoms. The topological polar surface area (TPSA) is 96.7 Å². The highest BCUT2D eigenvalue weighted by atomic mass is 32.2. The lowest BCUT2D eigenvalue weighted by atomic mass is 10.0. The molecule has 4 rings (SSSR count). The van der Waals surface area contributed by atoms with Gasteiger partial charge in [0, 0.05) is 36.8 Å². The van der Waals surface area contributed by atoms with E-state index in [0.29, 0.717) is 25.2 Å². The van der Waals surface area contributed by atoms with Crippen LogP contribution in [0.1, 0.15) is 29.2 Å². The Labute approximate surface area is 183 Å². The maximum Gasteiger partial charge on any atom is 0.331 e. The lowest BCUT2D eigenvalue weighted by molar-refractivity contribution is 0.188. The summed E-state index contributed by atoms with van der Waals surface area (Å²) in [6.45, 7) is 0.657. The molecule has 0 radical (unpaired) electrons. The summed E-state index contributed by atoms with van der Waals surface area (Å²) in [6, 6.07) is 17.7. The fourth-order valence-corrected chi connectivity index (χ4v) is 4.85. The second-order valence-corrected chi connectivity index (χ2v) is 8.45. The van der Waals surface area contributed by atoms with E-state index in [1.807, 2.05) is 54.6 Å². The largest absolute Gasteiger partial charge is 0.494 e. The Hall–Kier alpha value is -3.10. The van der Waals surface area contributed by atoms with Crippen LogP contribution in [-0.4, -0.2) is 34.1 Å². The number of hydrogen-bond acceptors (Lipinski definition) is 6. The first-order valence-corrected chi connectivity index (χ1v) is 10.9. The Morgan fingerprint density at radius 3 is 2.68 bits per heavy atom. The van der Waals surface area contributed by atoms with Crippen LogP contribution in [0.5, 0.6) is 5.88 Å². The van der Waals surface area contributed by atoms with Crippen LogP contribution < -0.4 is 11.2 Å². The third kappa shape index (κ3) is 4.50. The Bertz CT molecular complexity index is 1220. The normalized spacial score (nSPS) is 15.8. The van der Waals surface area contributed by atoms with Crippen molar-refractivity contribution in [3.05, 3.63) is 86.6 Å². The van der Waals surface area contributed by atoms with Crippen molar-refractivity contribution < 1.29 is 9.84 Å². The van der Waals surface area contributed by atoms with Crippen LogP contribution in [0.15, 0.2) is 74.1 Å². The molecular formula is C23H23N3O4S. The van der Waals surface area contributed by atoms with Crippen LogP contribution in [0.25, 0.3) is 0 Å². The van der Waals surface area contributed by atoms with Gasteiger partial charge in [-0.2, -0.15) is 0 Å². The molecule has 0 unspecified atom stereocenters. The molecule has 160 valence electrons. The fraction of sp³-hybridized carbons (Fsp3) is 0.261. The molecule has 1 aliphatic heterocycles. The minimum atomic E-state index is -0.647. The second kappa shape index (κ2) is 9.36. The number of methoxy groups -OCH3 is 1. The SMILES string of the molecule is COCCCn1c(O)c(C2=Nc3ccccc3S[C@H](c3ccccc3)C2)c(=O)[nH]c1=O. The molecule has 0 saturated carbocycles. The number of aliphatic imine (C=N–C) groups is 1. The Morgan fingerprint density at radius 1 is 1.16 bits per heavy atom. The molecule has 0 amide bonds. The zero-order valence-corrected chi connectivity index (χ0v) is 17.9. The predicted molar refractivity (Wildman–Crippen MR) is 122 cm³/mol. The molecule has 0 spiro atoms. The second-order valence-electron chi connectivity index (χ2n) is 7.20. The van der Waals surface area contributed by atoms with Crippen molar-refractivity contribution in [2.45, 2.75) is 29.5 Å². The average Bonchev–Trinajstić information content (AvgIpc) is 2.96. The third-order valence-electron chi connectivity index (χ3n) is 5.13. The Kier molecular flexibility index (Phi) is 6.39. The molecule has 0 aliphatic carbocycles. The molecule has 1 aromatic heterocycles. The van der Waals surface area contributed by atoms with E-state index in [2.05, 4.69) is 4.98 Å². The van der Waals surface area contributed by atoms with Gasteiger partial charge < -0.3 is 9.84 Å². The molecule has 31 heavy (non-hydrogen) atoms. The first-order valence-electron chi connectivity index (χ1n) is 10.0. The van der Waals surface area contributed by atoms with Crippen molar-refractivity contribution in [3.8, 4) is 5.88 Å². The maximum absolute atomic E-state index is 12.8. The van der Waals surface area contributed by atoms with Crippen molar-refractivity contribution in [3.63, 3.8) is 0 Å². The number of H-pyrrole nitrogens is 1. The molecule has 1 aliphatic rings. The summed E-state index contributed by atoms with van der Waals surface area (Å²) in [4.78, 5) is 33.2. The van der Waals surface area contributed by atoms with Gasteiger partial charge in [-0.15, -0.1) is 11.8 Å². The number of nitrogens with zero attached hydrogens (tertiary/aromatic N) is 2. The molecule has 2 heterocycles. The number of aromatic nitrogens is 2. The number of ether oxygens (including phenoxy) is 1. The first-order chi connectivity index (χ1) is 15.1. The van der Waals surface area contributed by atoms with E-state index in [9.17, 15) is 14.7 Å². The van der Waals surface area contributed by atoms with Gasteiger partial charge >= 0.3 is 5.69 Å². The number of hydrogen-bond donors (Lipinski definition) is 2. The summed E-state index contributed by atoms with van der Waals surface area (Å²) in [5.74, 6) is -0.361. The average molecular weight is 438 g/mol. The molecule has 0 bridgehead atoms. The minimum Gasteiger partial charge on any atom is -0.494 e. The van der Waals surface area contributed by atoms with Crippen molar-refractivity contribution in [1.29, 1.82) is 0 Å². The summed E-state index contributed by atoms with van der Waals surface area (Å²) in [5, 5.41) is 10.9. The summed E-state index contributed by atoms with van der Waals surface area (Å²) in [6.07, 6.45) is 0.948. The number of fused-ring (bicyclic) bond motifs is 1. The van der Waals surface area contributed by atoms with Crippen molar-refractivity contribution in [2.75, 3.05) is 13.7 Å². The van der Waals surface area contributed by atoms with Gasteiger partial charge in [0.15, 0.2) is 0 Å². The van der Waals surface area contributed by atoms with E-state index in [0.717, 1.165) is 16.1 Å². The molecule has 7 nitrogen and oxygen atoms in total. The molecule has 1 atom stereocenters. The fourth-order valence-electron chi connectivity index (χ4n) is 3.62. The van der Waals surface area contributed by atoms with Gasteiger partial charge in [-0.3, -0.25) is 19.3 Å². The quantitative estimate of drug-likeness (QED) is 0.574. The van der Waals surface area contributed by atoms with E-state index in [-0.39, 0.29) is 23.2 Å². The predicted octanol–water partition coefficient (Wildman–Crippen LogP) is 3.64. The molecule has 0 saturated heterocycles. The van der Waals surface area contributed by atoms with Gasteiger partial charge in [0.1, 0.15) is 5.56 Å². The third-order valence-corrected chi connectivity index (χ3v) is 6.45. The molecule has 2 aromatic carbocycles. The van der Waals surface area contributed by atoms with Gasteiger partial charge in [-0.25, -0.2) is 4.79 Å². The molecular weight excluding hydrogens is 414 g/mol. The zero-order valence-electron chi connectivity index (χ0n) is 17.1. The van der Waals surface area contributed by atoms with E-state index in [4.69, 9.17) is 9.73 Å². The number of nitrogens with one attached hydrogen (secondary N) is 1. The molecule has 2 N–H and O–H groups in total. The summed E-state index contributed by atoms with van der Waals surface area (Å²) in [5.41, 5.74) is 1.03. The lowest BCUT2D eigenvalue weighted by Gasteiger charge is -2.17. The van der Waals surface area contributed by atoms with Crippen molar-refractivity contribution >= 4 is 23.2 Å². The summed E-state index contributed by atoms with van der Waals surface area (Å²) < 4.78 is 6.20. The van der Waals surface area contributed by atoms with Crippen LogP contribution in [0.3, 0.4) is 0 Å². The van der Waals surface area contributed by atoms with Crippen molar-refractivity contribution in [1.82, 2.24) is 9.55 Å². The van der Waals surface area contributed by atoms with Crippen LogP contribution in [0.4, 0.5) is 5.69 Å². The van der Waals surface area contributed by atoms with Gasteiger partial charge in [-0.05, 0) is 24.1 Å². The number of para-hydroxylation sites is 1. The van der Waals surface area contributed by atoms with Crippen LogP contribution in [0, 0.1) is 0 Å². The highest BCUT2D eigenvalue weighted by Gasteiger charge is 2.27. The summed E-state index contributed by atoms with van der Waals surface area (Å²) >= 11 is 1.67. The van der Waals surface area contributed by atoms with Crippen LogP contribution >= 0.6 is 11.8 Å². The van der Waals surface area contributed by atoms with Gasteiger partial charge in [0.2, 0.25) is 5.88 Å².